The average Bonchev–Trinajstić information content (AvgIpc) is 0.592. The Morgan fingerprint density at radius 1 is 0.700 bits per heavy atom. The summed E-state index contributed by atoms with van der Waals surface area (Å²) >= 11 is 0. The molecule has 0 unspecified atom stereocenters. The fraction of sp³-hybridized carbons (Fsp3) is 0. The monoisotopic (exact) mass is 364 g/mol. The van der Waals surface area contributed by atoms with Gasteiger partial charge in [0.15, 0.2) is 0 Å². The topological polar surface area (TPSA) is 78.1 Å². The van der Waals surface area contributed by atoms with Gasteiger partial charge in [-0.3, -0.25) is 0 Å². The van der Waals surface area contributed by atoms with E-state index in [-0.39, 0.29) is 37.2 Å². The van der Waals surface area contributed by atoms with Gasteiger partial charge in [-0.2, -0.15) is 0 Å². The minimum absolute atomic E-state index is 0. The zero-order chi connectivity index (χ0) is 6.41. The van der Waals surface area contributed by atoms with E-state index in [4.69, 9.17) is 42.5 Å². The summed E-state index contributed by atoms with van der Waals surface area (Å²) in [5.74, 6) is 0. The molecule has 0 aliphatic carbocycles. The molecule has 0 spiro atoms. The van der Waals surface area contributed by atoms with Crippen LogP contribution in [0, 0.1) is 0 Å². The van der Waals surface area contributed by atoms with E-state index in [1.165, 1.54) is 0 Å². The third kappa shape index (κ3) is 174. The van der Waals surface area contributed by atoms with Gasteiger partial charge < -0.3 is 0 Å². The predicted octanol–water partition coefficient (Wildman–Crippen LogP) is 1.56. The SMILES string of the molecule is Cl.Cl.Cl.[NH2][Rh]([NH2])([NH2])([Cl])([Cl])[Cl]. The van der Waals surface area contributed by atoms with E-state index in [1.807, 2.05) is 0 Å². The maximum atomic E-state index is 5.07. The Kier molecular flexibility index (Phi) is 9.04. The van der Waals surface area contributed by atoms with Crippen molar-refractivity contribution in [3.63, 3.8) is 0 Å². The van der Waals surface area contributed by atoms with E-state index in [1.54, 1.807) is 0 Å². The van der Waals surface area contributed by atoms with Crippen LogP contribution in [0.15, 0.2) is 0 Å². The molecule has 0 radical (unpaired) electrons. The van der Waals surface area contributed by atoms with E-state index < -0.39 is 10.2 Å². The molecule has 0 aromatic rings. The van der Waals surface area contributed by atoms with Gasteiger partial charge in [0.1, 0.15) is 0 Å². The summed E-state index contributed by atoms with van der Waals surface area (Å²) < 4.78 is 14.6. The molecule has 0 saturated carbocycles. The molecule has 3 nitrogen and oxygen atoms in total. The molecule has 0 aliphatic rings. The van der Waals surface area contributed by atoms with Gasteiger partial charge in [-0.1, -0.05) is 0 Å². The molecule has 10 heavy (non-hydrogen) atoms. The van der Waals surface area contributed by atoms with Crippen LogP contribution in [0.3, 0.4) is 0 Å². The zero-order valence-corrected chi connectivity index (χ0v) is 10.8. The third-order valence-electron chi connectivity index (χ3n) is 0. The normalized spacial score (nSPS) is 16.2. The molecule has 6 N–H and O–H groups in total. The summed E-state index contributed by atoms with van der Waals surface area (Å²) in [6.45, 7) is 0. The Morgan fingerprint density at radius 2 is 0.700 bits per heavy atom. The second kappa shape index (κ2) is 3.97. The Balaban J connectivity index is -0.0000000600. The molecule has 0 saturated heterocycles. The first-order valence-electron chi connectivity index (χ1n) is 0.955. The Labute approximate surface area is 89.1 Å². The van der Waals surface area contributed by atoms with Gasteiger partial charge in [-0.25, -0.2) is 0 Å². The van der Waals surface area contributed by atoms with Crippen molar-refractivity contribution in [1.29, 1.82) is 0 Å². The van der Waals surface area contributed by atoms with Crippen LogP contribution in [0.2, 0.25) is 0 Å². The quantitative estimate of drug-likeness (QED) is 0.569. The molecule has 0 aromatic heterocycles. The second-order valence-electron chi connectivity index (χ2n) is 1.13. The van der Waals surface area contributed by atoms with E-state index in [9.17, 15) is 0 Å². The predicted molar refractivity (Wildman–Crippen MR) is 51.9 cm³/mol. The van der Waals surface area contributed by atoms with Crippen LogP contribution in [0.25, 0.3) is 0 Å². The number of hydrogen-bond donors (Lipinski definition) is 3. The van der Waals surface area contributed by atoms with E-state index >= 15 is 0 Å². The van der Waals surface area contributed by atoms with Gasteiger partial charge >= 0.3 is 52.7 Å². The van der Waals surface area contributed by atoms with Crippen LogP contribution >= 0.6 is 66.3 Å². The maximum absolute atomic E-state index is 5.07. The van der Waals surface area contributed by atoms with Crippen molar-refractivity contribution in [2.24, 2.45) is 13.4 Å². The Hall–Kier alpha value is 2.24. The third-order valence-corrected chi connectivity index (χ3v) is 0. The van der Waals surface area contributed by atoms with Crippen LogP contribution in [0.4, 0.5) is 0 Å². The number of nitrogens with two attached hydrogens (primary N) is 3. The second-order valence-corrected chi connectivity index (χ2v) is 21.2. The molecular formula is H9Cl6N3Rh. The first-order chi connectivity index (χ1) is 2.45. The molecule has 0 bridgehead atoms. The molecule has 0 amide bonds. The van der Waals surface area contributed by atoms with Crippen molar-refractivity contribution < 1.29 is 10.2 Å². The van der Waals surface area contributed by atoms with E-state index in [2.05, 4.69) is 0 Å². The van der Waals surface area contributed by atoms with Crippen LogP contribution in [0.1, 0.15) is 0 Å². The average molecular weight is 367 g/mol. The summed E-state index contributed by atoms with van der Waals surface area (Å²) in [5, 5.41) is 0. The molecule has 0 fully saturated rings. The zero-order valence-electron chi connectivity index (χ0n) is 4.42. The van der Waals surface area contributed by atoms with Gasteiger partial charge in [0, 0.05) is 0 Å². The molecular weight excluding hydrogens is 358 g/mol. The van der Waals surface area contributed by atoms with Crippen molar-refractivity contribution in [2.45, 2.75) is 0 Å². The van der Waals surface area contributed by atoms with Gasteiger partial charge in [0.05, 0.1) is 0 Å². The van der Waals surface area contributed by atoms with Gasteiger partial charge in [-0.15, -0.1) is 37.2 Å². The molecule has 0 rings (SSSR count). The fourth-order valence-corrected chi connectivity index (χ4v) is 0. The number of rotatable bonds is 0. The van der Waals surface area contributed by atoms with Crippen LogP contribution in [-0.2, 0) is 10.2 Å². The first kappa shape index (κ1) is 22.8. The van der Waals surface area contributed by atoms with Gasteiger partial charge in [0.25, 0.3) is 0 Å². The summed E-state index contributed by atoms with van der Waals surface area (Å²) in [5.41, 5.74) is 0. The van der Waals surface area contributed by atoms with Crippen molar-refractivity contribution in [2.75, 3.05) is 0 Å². The van der Waals surface area contributed by atoms with Crippen LogP contribution < -0.4 is 13.4 Å². The summed E-state index contributed by atoms with van der Waals surface area (Å²) in [6, 6.07) is 0. The molecule has 10 heteroatoms. The fourth-order valence-electron chi connectivity index (χ4n) is 0. The first-order valence-corrected chi connectivity index (χ1v) is 10.1. The van der Waals surface area contributed by atoms with Crippen molar-refractivity contribution in [3.05, 3.63) is 0 Å². The Morgan fingerprint density at radius 3 is 0.700 bits per heavy atom. The summed E-state index contributed by atoms with van der Waals surface area (Å²) in [7, 11) is 10.2. The van der Waals surface area contributed by atoms with Gasteiger partial charge in [-0.05, 0) is 0 Å². The molecule has 0 aliphatic heterocycles. The van der Waals surface area contributed by atoms with Crippen molar-refractivity contribution in [1.82, 2.24) is 0 Å². The summed E-state index contributed by atoms with van der Waals surface area (Å²) in [4.78, 5) is 0. The standard InChI is InChI=1S/6ClH.3H2N.Rh/h6*1H;3*1H2;/q;;;;;;3*-1;+6/p-3. The number of halogens is 6. The van der Waals surface area contributed by atoms with Crippen molar-refractivity contribution in [3.8, 4) is 0 Å². The summed E-state index contributed by atoms with van der Waals surface area (Å²) in [6.07, 6.45) is 0. The minimum atomic E-state index is -5.07. The van der Waals surface area contributed by atoms with Crippen molar-refractivity contribution >= 4 is 66.3 Å². The molecule has 0 aromatic carbocycles. The molecule has 0 atom stereocenters. The number of hydrogen-bond acceptors (Lipinski definition) is 3. The van der Waals surface area contributed by atoms with Gasteiger partial charge in [0.2, 0.25) is 0 Å². The van der Waals surface area contributed by atoms with Crippen LogP contribution in [0.5, 0.6) is 0 Å². The molecule has 0 heterocycles. The van der Waals surface area contributed by atoms with Crippen LogP contribution in [-0.4, -0.2) is 0 Å². The molecule has 75 valence electrons. The van der Waals surface area contributed by atoms with E-state index in [0.29, 0.717) is 0 Å². The Bertz CT molecular complexity index is 71.6. The van der Waals surface area contributed by atoms with E-state index in [0.717, 1.165) is 0 Å².